The number of pyridine rings is 1. The van der Waals surface area contributed by atoms with Gasteiger partial charge in [0.05, 0.1) is 5.38 Å². The van der Waals surface area contributed by atoms with Crippen molar-refractivity contribution in [3.05, 3.63) is 82.2 Å². The quantitative estimate of drug-likeness (QED) is 0.708. The molecule has 0 saturated carbocycles. The summed E-state index contributed by atoms with van der Waals surface area (Å²) >= 11 is 13.0. The number of rotatable bonds is 3. The van der Waals surface area contributed by atoms with Crippen LogP contribution in [0.15, 0.2) is 70.9 Å². The van der Waals surface area contributed by atoms with Crippen LogP contribution in [0.2, 0.25) is 0 Å². The van der Waals surface area contributed by atoms with Gasteiger partial charge < -0.3 is 0 Å². The molecule has 0 aliphatic heterocycles. The van der Waals surface area contributed by atoms with Gasteiger partial charge in [0.25, 0.3) is 0 Å². The summed E-state index contributed by atoms with van der Waals surface area (Å²) in [5, 5.41) is 0.454. The molecular weight excluding hydrogens is 301 g/mol. The average Bonchev–Trinajstić information content (AvgIpc) is 2.73. The minimum absolute atomic E-state index is 0.260. The lowest BCUT2D eigenvalue weighted by atomic mass is 9.98. The molecular formula is C18H15Cl2N. The van der Waals surface area contributed by atoms with E-state index < -0.39 is 0 Å². The van der Waals surface area contributed by atoms with Crippen LogP contribution < -0.4 is 0 Å². The second-order valence-corrected chi connectivity index (χ2v) is 5.94. The third-order valence-electron chi connectivity index (χ3n) is 3.78. The van der Waals surface area contributed by atoms with Crippen LogP contribution in [-0.2, 0) is 6.42 Å². The van der Waals surface area contributed by atoms with Crippen molar-refractivity contribution in [1.82, 2.24) is 4.98 Å². The topological polar surface area (TPSA) is 12.9 Å². The summed E-state index contributed by atoms with van der Waals surface area (Å²) in [6, 6.07) is 16.1. The van der Waals surface area contributed by atoms with Crippen LogP contribution >= 0.6 is 23.2 Å². The average molecular weight is 316 g/mol. The number of aromatic nitrogens is 1. The summed E-state index contributed by atoms with van der Waals surface area (Å²) in [5.41, 5.74) is 5.48. The molecule has 2 aromatic rings. The van der Waals surface area contributed by atoms with E-state index in [1.807, 2.05) is 36.4 Å². The van der Waals surface area contributed by atoms with E-state index in [2.05, 4.69) is 24.0 Å². The van der Waals surface area contributed by atoms with E-state index in [1.54, 1.807) is 6.20 Å². The van der Waals surface area contributed by atoms with Crippen molar-refractivity contribution < 1.29 is 0 Å². The number of alkyl halides is 1. The number of nitrogens with zero attached hydrogens (tertiary/aromatic N) is 1. The lowest BCUT2D eigenvalue weighted by molar-refractivity contribution is 1.00. The summed E-state index contributed by atoms with van der Waals surface area (Å²) in [7, 11) is 0. The summed E-state index contributed by atoms with van der Waals surface area (Å²) in [6.45, 7) is 2.09. The van der Waals surface area contributed by atoms with E-state index >= 15 is 0 Å². The third-order valence-corrected chi connectivity index (χ3v) is 4.78. The van der Waals surface area contributed by atoms with Gasteiger partial charge in [0.2, 0.25) is 0 Å². The fourth-order valence-electron chi connectivity index (χ4n) is 2.69. The molecule has 21 heavy (non-hydrogen) atoms. The van der Waals surface area contributed by atoms with Crippen molar-refractivity contribution in [3.8, 4) is 0 Å². The molecule has 1 heterocycles. The molecule has 1 aromatic heterocycles. The summed E-state index contributed by atoms with van der Waals surface area (Å²) < 4.78 is 0. The Morgan fingerprint density at radius 1 is 1.05 bits per heavy atom. The zero-order valence-electron chi connectivity index (χ0n) is 11.7. The molecule has 0 amide bonds. The van der Waals surface area contributed by atoms with Gasteiger partial charge in [-0.15, -0.1) is 11.6 Å². The van der Waals surface area contributed by atoms with Gasteiger partial charge in [-0.3, -0.25) is 4.98 Å². The fourth-order valence-corrected chi connectivity index (χ4v) is 3.42. The van der Waals surface area contributed by atoms with E-state index in [0.29, 0.717) is 5.03 Å². The fraction of sp³-hybridized carbons (Fsp3) is 0.167. The zero-order chi connectivity index (χ0) is 14.8. The third kappa shape index (κ3) is 2.76. The Bertz CT molecular complexity index is 703. The molecule has 0 fully saturated rings. The second-order valence-electron chi connectivity index (χ2n) is 5.10. The van der Waals surface area contributed by atoms with Gasteiger partial charge in [-0.25, -0.2) is 0 Å². The Morgan fingerprint density at radius 2 is 1.76 bits per heavy atom. The van der Waals surface area contributed by atoms with Crippen molar-refractivity contribution in [1.29, 1.82) is 0 Å². The normalized spacial score (nSPS) is 18.5. The van der Waals surface area contributed by atoms with E-state index in [0.717, 1.165) is 34.4 Å². The van der Waals surface area contributed by atoms with Crippen LogP contribution in [0, 0.1) is 0 Å². The molecule has 0 saturated heterocycles. The number of hydrogen-bond acceptors (Lipinski definition) is 1. The molecule has 3 heteroatoms. The van der Waals surface area contributed by atoms with Crippen LogP contribution in [0.25, 0.3) is 5.57 Å². The lowest BCUT2D eigenvalue weighted by Gasteiger charge is -2.09. The summed E-state index contributed by atoms with van der Waals surface area (Å²) in [4.78, 5) is 4.38. The van der Waals surface area contributed by atoms with Crippen LogP contribution in [-0.4, -0.2) is 10.4 Å². The van der Waals surface area contributed by atoms with Gasteiger partial charge in [-0.1, -0.05) is 48.0 Å². The molecule has 1 aliphatic carbocycles. The van der Waals surface area contributed by atoms with Crippen molar-refractivity contribution in [2.45, 2.75) is 18.7 Å². The molecule has 3 rings (SSSR count). The molecule has 0 radical (unpaired) electrons. The van der Waals surface area contributed by atoms with Crippen molar-refractivity contribution in [2.75, 3.05) is 0 Å². The molecule has 1 aromatic carbocycles. The van der Waals surface area contributed by atoms with Gasteiger partial charge in [-0.2, -0.15) is 0 Å². The summed E-state index contributed by atoms with van der Waals surface area (Å²) in [6.07, 6.45) is 2.53. The van der Waals surface area contributed by atoms with Crippen molar-refractivity contribution in [3.63, 3.8) is 0 Å². The van der Waals surface area contributed by atoms with Crippen molar-refractivity contribution >= 4 is 28.8 Å². The Balaban J connectivity index is 1.98. The molecule has 106 valence electrons. The maximum atomic E-state index is 6.54. The molecule has 0 spiro atoms. The SMILES string of the molecule is CC1=C(Cc2ccccn2)C(Cl)C(Cl)=C1c1ccccc1. The number of benzene rings is 1. The Labute approximate surface area is 134 Å². The number of hydrogen-bond donors (Lipinski definition) is 0. The van der Waals surface area contributed by atoms with Crippen LogP contribution in [0.5, 0.6) is 0 Å². The van der Waals surface area contributed by atoms with E-state index in [1.165, 1.54) is 0 Å². The first-order valence-corrected chi connectivity index (χ1v) is 7.69. The molecule has 1 atom stereocenters. The van der Waals surface area contributed by atoms with Crippen LogP contribution in [0.4, 0.5) is 0 Å². The van der Waals surface area contributed by atoms with E-state index in [-0.39, 0.29) is 5.38 Å². The first-order valence-electron chi connectivity index (χ1n) is 6.87. The highest BCUT2D eigenvalue weighted by molar-refractivity contribution is 6.42. The Hall–Kier alpha value is -1.57. The van der Waals surface area contributed by atoms with Gasteiger partial charge in [0, 0.05) is 28.9 Å². The van der Waals surface area contributed by atoms with E-state index in [4.69, 9.17) is 23.2 Å². The predicted octanol–water partition coefficient (Wildman–Crippen LogP) is 5.21. The Morgan fingerprint density at radius 3 is 2.43 bits per heavy atom. The Kier molecular flexibility index (Phi) is 4.14. The predicted molar refractivity (Wildman–Crippen MR) is 89.5 cm³/mol. The molecule has 1 nitrogen and oxygen atoms in total. The molecule has 0 N–H and O–H groups in total. The van der Waals surface area contributed by atoms with Crippen LogP contribution in [0.1, 0.15) is 18.2 Å². The number of halogens is 2. The molecule has 1 aliphatic rings. The minimum Gasteiger partial charge on any atom is -0.261 e. The van der Waals surface area contributed by atoms with Crippen LogP contribution in [0.3, 0.4) is 0 Å². The standard InChI is InChI=1S/C18H15Cl2N/c1-12-15(11-14-9-5-6-10-21-14)17(19)18(20)16(12)13-7-3-2-4-8-13/h2-10,17H,11H2,1H3. The first-order chi connectivity index (χ1) is 10.2. The second kappa shape index (κ2) is 6.05. The maximum absolute atomic E-state index is 6.54. The minimum atomic E-state index is -0.260. The molecule has 0 bridgehead atoms. The largest absolute Gasteiger partial charge is 0.261 e. The molecule has 1 unspecified atom stereocenters. The maximum Gasteiger partial charge on any atom is 0.0917 e. The smallest absolute Gasteiger partial charge is 0.0917 e. The highest BCUT2D eigenvalue weighted by Crippen LogP contribution is 2.44. The van der Waals surface area contributed by atoms with Gasteiger partial charge in [0.1, 0.15) is 0 Å². The zero-order valence-corrected chi connectivity index (χ0v) is 13.2. The van der Waals surface area contributed by atoms with Crippen molar-refractivity contribution in [2.24, 2.45) is 0 Å². The first kappa shape index (κ1) is 14.4. The van der Waals surface area contributed by atoms with E-state index in [9.17, 15) is 0 Å². The number of allylic oxidation sites excluding steroid dienone is 4. The lowest BCUT2D eigenvalue weighted by Crippen LogP contribution is -2.04. The highest BCUT2D eigenvalue weighted by Gasteiger charge is 2.30. The monoisotopic (exact) mass is 315 g/mol. The highest BCUT2D eigenvalue weighted by atomic mass is 35.5. The van der Waals surface area contributed by atoms with Gasteiger partial charge in [-0.05, 0) is 35.8 Å². The van der Waals surface area contributed by atoms with Gasteiger partial charge >= 0.3 is 0 Å². The summed E-state index contributed by atoms with van der Waals surface area (Å²) in [5.74, 6) is 0. The van der Waals surface area contributed by atoms with Gasteiger partial charge in [0.15, 0.2) is 0 Å².